The van der Waals surface area contributed by atoms with E-state index < -0.39 is 5.60 Å². The molecule has 1 aromatic heterocycles. The fourth-order valence-corrected chi connectivity index (χ4v) is 2.18. The van der Waals surface area contributed by atoms with Gasteiger partial charge in [0.15, 0.2) is 5.82 Å². The molecule has 1 saturated carbocycles. The number of hydrogen-bond donors (Lipinski definition) is 4. The molecule has 94 valence electrons. The third kappa shape index (κ3) is 2.96. The summed E-state index contributed by atoms with van der Waals surface area (Å²) in [7, 11) is 0. The quantitative estimate of drug-likeness (QED) is 0.477. The Bertz CT molecular complexity index is 394. The first kappa shape index (κ1) is 12.3. The van der Waals surface area contributed by atoms with Gasteiger partial charge in [0.25, 0.3) is 0 Å². The number of halogens is 1. The van der Waals surface area contributed by atoms with Crippen LogP contribution in [-0.4, -0.2) is 27.2 Å². The normalized spacial score (nSPS) is 18.1. The van der Waals surface area contributed by atoms with Crippen LogP contribution in [0.15, 0.2) is 6.20 Å². The number of nitrogen functional groups attached to an aromatic ring is 1. The van der Waals surface area contributed by atoms with Gasteiger partial charge in [-0.3, -0.25) is 5.43 Å². The lowest BCUT2D eigenvalue weighted by Gasteiger charge is -2.22. The fourth-order valence-electron chi connectivity index (χ4n) is 2.02. The molecule has 0 radical (unpaired) electrons. The summed E-state index contributed by atoms with van der Waals surface area (Å²) in [5.74, 6) is 5.99. The van der Waals surface area contributed by atoms with Crippen molar-refractivity contribution in [1.82, 2.24) is 9.97 Å². The maximum atomic E-state index is 10.2. The highest BCUT2D eigenvalue weighted by Crippen LogP contribution is 2.30. The summed E-state index contributed by atoms with van der Waals surface area (Å²) in [5, 5.41) is 13.6. The zero-order chi connectivity index (χ0) is 12.3. The van der Waals surface area contributed by atoms with E-state index in [2.05, 4.69) is 20.7 Å². The first-order valence-electron chi connectivity index (χ1n) is 5.58. The molecule has 17 heavy (non-hydrogen) atoms. The van der Waals surface area contributed by atoms with Crippen LogP contribution in [0, 0.1) is 0 Å². The number of nitrogens with zero attached hydrogens (tertiary/aromatic N) is 2. The molecule has 5 N–H and O–H groups in total. The zero-order valence-corrected chi connectivity index (χ0v) is 10.2. The van der Waals surface area contributed by atoms with Gasteiger partial charge in [-0.05, 0) is 12.8 Å². The van der Waals surface area contributed by atoms with Crippen molar-refractivity contribution in [3.05, 3.63) is 11.2 Å². The molecule has 0 bridgehead atoms. The summed E-state index contributed by atoms with van der Waals surface area (Å²) >= 11 is 5.95. The van der Waals surface area contributed by atoms with E-state index in [9.17, 15) is 5.11 Å². The third-order valence-corrected chi connectivity index (χ3v) is 3.27. The Balaban J connectivity index is 2.02. The average Bonchev–Trinajstić information content (AvgIpc) is 2.76. The number of hydrazine groups is 1. The van der Waals surface area contributed by atoms with Crippen molar-refractivity contribution < 1.29 is 5.11 Å². The molecule has 1 aromatic rings. The van der Waals surface area contributed by atoms with Crippen LogP contribution >= 0.6 is 11.6 Å². The highest BCUT2D eigenvalue weighted by molar-refractivity contribution is 6.32. The molecule has 0 atom stereocenters. The van der Waals surface area contributed by atoms with Crippen LogP contribution in [0.3, 0.4) is 0 Å². The SMILES string of the molecule is NNc1ncc(Cl)c(NCC2(O)CCCC2)n1. The van der Waals surface area contributed by atoms with Crippen molar-refractivity contribution in [2.75, 3.05) is 17.3 Å². The molecule has 0 saturated heterocycles. The molecule has 1 aliphatic rings. The van der Waals surface area contributed by atoms with Crippen LogP contribution in [0.4, 0.5) is 11.8 Å². The van der Waals surface area contributed by atoms with E-state index in [1.165, 1.54) is 6.20 Å². The van der Waals surface area contributed by atoms with Crippen LogP contribution in [0.2, 0.25) is 5.02 Å². The van der Waals surface area contributed by atoms with Gasteiger partial charge in [-0.25, -0.2) is 10.8 Å². The Hall–Kier alpha value is -1.11. The molecular weight excluding hydrogens is 242 g/mol. The van der Waals surface area contributed by atoms with Gasteiger partial charge >= 0.3 is 0 Å². The lowest BCUT2D eigenvalue weighted by molar-refractivity contribution is 0.0614. The zero-order valence-electron chi connectivity index (χ0n) is 9.41. The minimum atomic E-state index is -0.648. The second kappa shape index (κ2) is 5.03. The summed E-state index contributed by atoms with van der Waals surface area (Å²) < 4.78 is 0. The molecule has 1 fully saturated rings. The minimum absolute atomic E-state index is 0.287. The number of nitrogens with two attached hydrogens (primary N) is 1. The van der Waals surface area contributed by atoms with Crippen molar-refractivity contribution in [3.8, 4) is 0 Å². The summed E-state index contributed by atoms with van der Waals surface area (Å²) in [6.45, 7) is 0.438. The predicted octanol–water partition coefficient (Wildman–Crippen LogP) is 1.13. The van der Waals surface area contributed by atoms with Crippen LogP contribution in [-0.2, 0) is 0 Å². The lowest BCUT2D eigenvalue weighted by atomic mass is 10.0. The number of hydrogen-bond acceptors (Lipinski definition) is 6. The highest BCUT2D eigenvalue weighted by atomic mass is 35.5. The van der Waals surface area contributed by atoms with Gasteiger partial charge in [0.1, 0.15) is 5.02 Å². The van der Waals surface area contributed by atoms with E-state index in [1.807, 2.05) is 0 Å². The molecular formula is C10H16ClN5O. The van der Waals surface area contributed by atoms with E-state index in [1.54, 1.807) is 0 Å². The average molecular weight is 258 g/mol. The minimum Gasteiger partial charge on any atom is -0.388 e. The molecule has 0 aliphatic heterocycles. The molecule has 0 aromatic carbocycles. The Labute approximate surface area is 105 Å². The lowest BCUT2D eigenvalue weighted by Crippen LogP contribution is -2.33. The largest absolute Gasteiger partial charge is 0.388 e. The standard InChI is InChI=1S/C10H16ClN5O/c11-7-5-13-9(16-12)15-8(7)14-6-10(17)3-1-2-4-10/h5,17H,1-4,6,12H2,(H2,13,14,15,16). The van der Waals surface area contributed by atoms with E-state index in [4.69, 9.17) is 17.4 Å². The number of rotatable bonds is 4. The molecule has 1 heterocycles. The van der Waals surface area contributed by atoms with E-state index in [0.717, 1.165) is 25.7 Å². The Morgan fingerprint density at radius 1 is 1.47 bits per heavy atom. The second-order valence-corrected chi connectivity index (χ2v) is 4.73. The fraction of sp³-hybridized carbons (Fsp3) is 0.600. The monoisotopic (exact) mass is 257 g/mol. The number of aromatic nitrogens is 2. The number of aliphatic hydroxyl groups is 1. The van der Waals surface area contributed by atoms with Crippen molar-refractivity contribution >= 4 is 23.4 Å². The molecule has 0 amide bonds. The van der Waals surface area contributed by atoms with E-state index in [-0.39, 0.29) is 5.95 Å². The van der Waals surface area contributed by atoms with Gasteiger partial charge in [0.05, 0.1) is 11.8 Å². The Kier molecular flexibility index (Phi) is 3.66. The summed E-state index contributed by atoms with van der Waals surface area (Å²) in [6, 6.07) is 0. The van der Waals surface area contributed by atoms with Crippen LogP contribution in [0.25, 0.3) is 0 Å². The molecule has 6 nitrogen and oxygen atoms in total. The van der Waals surface area contributed by atoms with Crippen molar-refractivity contribution in [3.63, 3.8) is 0 Å². The van der Waals surface area contributed by atoms with Gasteiger partial charge in [0.2, 0.25) is 5.95 Å². The number of anilines is 2. The predicted molar refractivity (Wildman–Crippen MR) is 66.8 cm³/mol. The van der Waals surface area contributed by atoms with Crippen LogP contribution < -0.4 is 16.6 Å². The molecule has 0 spiro atoms. The second-order valence-electron chi connectivity index (χ2n) is 4.32. The van der Waals surface area contributed by atoms with Crippen LogP contribution in [0.5, 0.6) is 0 Å². The van der Waals surface area contributed by atoms with Gasteiger partial charge < -0.3 is 10.4 Å². The maximum Gasteiger partial charge on any atom is 0.239 e. The van der Waals surface area contributed by atoms with E-state index in [0.29, 0.717) is 17.4 Å². The molecule has 7 heteroatoms. The highest BCUT2D eigenvalue weighted by Gasteiger charge is 2.30. The number of nitrogens with one attached hydrogen (secondary N) is 2. The topological polar surface area (TPSA) is 96.1 Å². The third-order valence-electron chi connectivity index (χ3n) is 2.99. The van der Waals surface area contributed by atoms with Gasteiger partial charge in [0, 0.05) is 6.54 Å². The smallest absolute Gasteiger partial charge is 0.239 e. The van der Waals surface area contributed by atoms with Gasteiger partial charge in [-0.2, -0.15) is 4.98 Å². The Morgan fingerprint density at radius 2 is 2.18 bits per heavy atom. The summed E-state index contributed by atoms with van der Waals surface area (Å²) in [6.07, 6.45) is 5.21. The van der Waals surface area contributed by atoms with Crippen molar-refractivity contribution in [2.45, 2.75) is 31.3 Å². The molecule has 0 unspecified atom stereocenters. The van der Waals surface area contributed by atoms with Crippen molar-refractivity contribution in [2.24, 2.45) is 5.84 Å². The van der Waals surface area contributed by atoms with Crippen LogP contribution in [0.1, 0.15) is 25.7 Å². The first-order valence-corrected chi connectivity index (χ1v) is 5.96. The van der Waals surface area contributed by atoms with E-state index >= 15 is 0 Å². The van der Waals surface area contributed by atoms with Gasteiger partial charge in [-0.1, -0.05) is 24.4 Å². The summed E-state index contributed by atoms with van der Waals surface area (Å²) in [5.41, 5.74) is 1.70. The first-order chi connectivity index (χ1) is 8.13. The molecule has 1 aliphatic carbocycles. The Morgan fingerprint density at radius 3 is 2.82 bits per heavy atom. The van der Waals surface area contributed by atoms with Gasteiger partial charge in [-0.15, -0.1) is 0 Å². The van der Waals surface area contributed by atoms with Crippen molar-refractivity contribution in [1.29, 1.82) is 0 Å². The molecule has 2 rings (SSSR count). The summed E-state index contributed by atoms with van der Waals surface area (Å²) in [4.78, 5) is 7.95. The maximum absolute atomic E-state index is 10.2.